The van der Waals surface area contributed by atoms with E-state index in [9.17, 15) is 14.4 Å². The van der Waals surface area contributed by atoms with E-state index in [1.807, 2.05) is 32.0 Å². The number of ketones is 2. The van der Waals surface area contributed by atoms with Crippen molar-refractivity contribution < 1.29 is 23.9 Å². The lowest BCUT2D eigenvalue weighted by molar-refractivity contribution is -0.118. The number of amides is 1. The number of nitrogens with zero attached hydrogens (tertiary/aromatic N) is 1. The first-order valence-electron chi connectivity index (χ1n) is 14.1. The second-order valence-corrected chi connectivity index (χ2v) is 10.8. The molecule has 0 saturated heterocycles. The maximum absolute atomic E-state index is 13.4. The molecule has 1 aliphatic heterocycles. The molecule has 0 spiro atoms. The van der Waals surface area contributed by atoms with Crippen LogP contribution in [0.25, 0.3) is 0 Å². The van der Waals surface area contributed by atoms with Gasteiger partial charge in [-0.25, -0.2) is 0 Å². The van der Waals surface area contributed by atoms with Gasteiger partial charge in [0.25, 0.3) is 5.91 Å². The zero-order valence-electron chi connectivity index (χ0n) is 23.3. The molecule has 0 radical (unpaired) electrons. The molecule has 0 unspecified atom stereocenters. The number of allylic oxidation sites excluding steroid dienone is 4. The van der Waals surface area contributed by atoms with Gasteiger partial charge in [0.15, 0.2) is 29.7 Å². The van der Waals surface area contributed by atoms with Gasteiger partial charge in [0.05, 0.1) is 6.61 Å². The van der Waals surface area contributed by atoms with Crippen LogP contribution in [0, 0.1) is 6.92 Å². The minimum absolute atomic E-state index is 0.112. The minimum atomic E-state index is -0.420. The predicted molar refractivity (Wildman–Crippen MR) is 155 cm³/mol. The number of Topliss-reactive ketones (excluding diaryl/α,β-unsaturated/α-hetero) is 2. The molecule has 210 valence electrons. The first-order chi connectivity index (χ1) is 19.3. The third-order valence-corrected chi connectivity index (χ3v) is 8.23. The zero-order chi connectivity index (χ0) is 28.4. The molecule has 2 aromatic carbocycles. The highest BCUT2D eigenvalue weighted by Crippen LogP contribution is 2.50. The Bertz CT molecular complexity index is 1380. The van der Waals surface area contributed by atoms with Gasteiger partial charge in [-0.05, 0) is 81.8 Å². The van der Waals surface area contributed by atoms with Crippen LogP contribution in [0.3, 0.4) is 0 Å². The van der Waals surface area contributed by atoms with Crippen LogP contribution in [0.4, 0.5) is 5.69 Å². The summed E-state index contributed by atoms with van der Waals surface area (Å²) in [7, 11) is 0. The van der Waals surface area contributed by atoms with E-state index in [1.165, 1.54) is 0 Å². The first-order valence-corrected chi connectivity index (χ1v) is 14.5. The smallest absolute Gasteiger partial charge is 0.262 e. The highest BCUT2D eigenvalue weighted by atomic mass is 35.5. The molecule has 0 fully saturated rings. The van der Waals surface area contributed by atoms with Crippen molar-refractivity contribution in [1.29, 1.82) is 0 Å². The van der Waals surface area contributed by atoms with Crippen LogP contribution in [0.15, 0.2) is 58.9 Å². The van der Waals surface area contributed by atoms with E-state index in [4.69, 9.17) is 21.1 Å². The SMILES string of the molecule is CCOc1cc(C2C3=C(CCCC3=O)N(CC)C3=C2C(=O)CCC3)ccc1OCC(=O)Nc1ccc(C)c(Cl)c1. The molecular weight excluding hydrogens is 528 g/mol. The third kappa shape index (κ3) is 5.39. The summed E-state index contributed by atoms with van der Waals surface area (Å²) in [5, 5.41) is 3.37. The van der Waals surface area contributed by atoms with Gasteiger partial charge in [-0.2, -0.15) is 0 Å². The average molecular weight is 563 g/mol. The van der Waals surface area contributed by atoms with Gasteiger partial charge < -0.3 is 19.7 Å². The molecule has 0 atom stereocenters. The summed E-state index contributed by atoms with van der Waals surface area (Å²) in [6, 6.07) is 10.8. The molecule has 1 heterocycles. The molecule has 8 heteroatoms. The number of rotatable bonds is 8. The quantitative estimate of drug-likeness (QED) is 0.395. The molecule has 2 aromatic rings. The van der Waals surface area contributed by atoms with E-state index >= 15 is 0 Å². The Labute approximate surface area is 240 Å². The van der Waals surface area contributed by atoms with Crippen LogP contribution >= 0.6 is 11.6 Å². The number of anilines is 1. The molecule has 0 bridgehead atoms. The van der Waals surface area contributed by atoms with Crippen molar-refractivity contribution in [3.8, 4) is 11.5 Å². The monoisotopic (exact) mass is 562 g/mol. The zero-order valence-corrected chi connectivity index (χ0v) is 24.0. The van der Waals surface area contributed by atoms with Crippen molar-refractivity contribution in [1.82, 2.24) is 4.90 Å². The number of benzene rings is 2. The minimum Gasteiger partial charge on any atom is -0.490 e. The van der Waals surface area contributed by atoms with Crippen molar-refractivity contribution in [3.05, 3.63) is 75.1 Å². The van der Waals surface area contributed by atoms with E-state index < -0.39 is 5.92 Å². The van der Waals surface area contributed by atoms with E-state index in [1.54, 1.807) is 18.2 Å². The number of hydrogen-bond donors (Lipinski definition) is 1. The number of hydrogen-bond acceptors (Lipinski definition) is 6. The number of ether oxygens (including phenoxy) is 2. The Morgan fingerprint density at radius 1 is 0.925 bits per heavy atom. The highest BCUT2D eigenvalue weighted by molar-refractivity contribution is 6.31. The maximum atomic E-state index is 13.4. The molecule has 40 heavy (non-hydrogen) atoms. The molecule has 7 nitrogen and oxygen atoms in total. The number of carbonyl (C=O) groups is 3. The van der Waals surface area contributed by atoms with Gasteiger partial charge in [-0.15, -0.1) is 0 Å². The first kappa shape index (κ1) is 28.0. The summed E-state index contributed by atoms with van der Waals surface area (Å²) in [6.07, 6.45) is 4.29. The highest BCUT2D eigenvalue weighted by Gasteiger charge is 2.43. The van der Waals surface area contributed by atoms with E-state index in [0.29, 0.717) is 41.7 Å². The average Bonchev–Trinajstić information content (AvgIpc) is 2.94. The predicted octanol–water partition coefficient (Wildman–Crippen LogP) is 6.50. The van der Waals surface area contributed by atoms with E-state index in [-0.39, 0.29) is 24.1 Å². The second kappa shape index (κ2) is 11.9. The lowest BCUT2D eigenvalue weighted by atomic mass is 9.71. The van der Waals surface area contributed by atoms with Crippen molar-refractivity contribution in [2.24, 2.45) is 0 Å². The molecule has 5 rings (SSSR count). The standard InChI is InChI=1S/C32H35ClN2O5/c1-4-35-23-8-6-10-25(36)31(23)30(32-24(35)9-7-11-26(32)37)20-13-15-27(28(16-20)39-5-2)40-18-29(38)34-21-14-12-19(3)22(33)17-21/h12-17,30H,4-11,18H2,1-3H3,(H,34,38). The molecule has 3 aliphatic rings. The summed E-state index contributed by atoms with van der Waals surface area (Å²) >= 11 is 6.17. The largest absolute Gasteiger partial charge is 0.490 e. The summed E-state index contributed by atoms with van der Waals surface area (Å²) in [5.74, 6) is 0.364. The summed E-state index contributed by atoms with van der Waals surface area (Å²) < 4.78 is 11.8. The van der Waals surface area contributed by atoms with Crippen LogP contribution in [0.5, 0.6) is 11.5 Å². The Balaban J connectivity index is 1.45. The molecule has 1 amide bonds. The topological polar surface area (TPSA) is 84.9 Å². The fraction of sp³-hybridized carbons (Fsp3) is 0.406. The molecular formula is C32H35ClN2O5. The van der Waals surface area contributed by atoms with Crippen LogP contribution in [0.1, 0.15) is 69.4 Å². The van der Waals surface area contributed by atoms with Crippen molar-refractivity contribution in [3.63, 3.8) is 0 Å². The molecule has 1 N–H and O–H groups in total. The maximum Gasteiger partial charge on any atom is 0.262 e. The fourth-order valence-corrected chi connectivity index (χ4v) is 6.21. The van der Waals surface area contributed by atoms with Crippen LogP contribution in [-0.4, -0.2) is 42.1 Å². The van der Waals surface area contributed by atoms with Gasteiger partial charge in [0.1, 0.15) is 0 Å². The van der Waals surface area contributed by atoms with Crippen LogP contribution in [0.2, 0.25) is 5.02 Å². The normalized spacial score (nSPS) is 17.6. The Kier molecular flexibility index (Phi) is 8.31. The van der Waals surface area contributed by atoms with Crippen molar-refractivity contribution in [2.45, 2.75) is 65.2 Å². The fourth-order valence-electron chi connectivity index (χ4n) is 6.03. The Hall–Kier alpha value is -3.58. The lowest BCUT2D eigenvalue weighted by Crippen LogP contribution is -2.39. The lowest BCUT2D eigenvalue weighted by Gasteiger charge is -2.43. The summed E-state index contributed by atoms with van der Waals surface area (Å²) in [5.41, 5.74) is 5.95. The van der Waals surface area contributed by atoms with Crippen molar-refractivity contribution >= 4 is 34.8 Å². The molecule has 0 aromatic heterocycles. The molecule has 2 aliphatic carbocycles. The Morgan fingerprint density at radius 3 is 2.20 bits per heavy atom. The van der Waals surface area contributed by atoms with Crippen molar-refractivity contribution in [2.75, 3.05) is 25.1 Å². The summed E-state index contributed by atoms with van der Waals surface area (Å²) in [4.78, 5) is 41.6. The van der Waals surface area contributed by atoms with Crippen LogP contribution in [-0.2, 0) is 14.4 Å². The third-order valence-electron chi connectivity index (χ3n) is 7.82. The number of aryl methyl sites for hydroxylation is 1. The number of halogens is 1. The summed E-state index contributed by atoms with van der Waals surface area (Å²) in [6.45, 7) is 6.76. The van der Waals surface area contributed by atoms with Gasteiger partial charge in [-0.1, -0.05) is 23.7 Å². The van der Waals surface area contributed by atoms with Gasteiger partial charge in [0.2, 0.25) is 0 Å². The van der Waals surface area contributed by atoms with Gasteiger partial charge in [0, 0.05) is 58.6 Å². The number of carbonyl (C=O) groups excluding carboxylic acids is 3. The van der Waals surface area contributed by atoms with Gasteiger partial charge in [-0.3, -0.25) is 14.4 Å². The molecule has 0 saturated carbocycles. The van der Waals surface area contributed by atoms with E-state index in [0.717, 1.165) is 65.9 Å². The second-order valence-electron chi connectivity index (χ2n) is 10.4. The number of nitrogens with one attached hydrogen (secondary N) is 1. The Morgan fingerprint density at radius 2 is 1.60 bits per heavy atom. The van der Waals surface area contributed by atoms with Crippen LogP contribution < -0.4 is 14.8 Å². The van der Waals surface area contributed by atoms with Gasteiger partial charge >= 0.3 is 0 Å². The van der Waals surface area contributed by atoms with E-state index in [2.05, 4.69) is 17.1 Å².